The van der Waals surface area contributed by atoms with E-state index in [9.17, 15) is 14.9 Å². The number of hydrogen-bond acceptors (Lipinski definition) is 7. The Hall–Kier alpha value is -3.31. The summed E-state index contributed by atoms with van der Waals surface area (Å²) in [5.41, 5.74) is 2.11. The number of carbonyl (C=O) groups is 2. The smallest absolute Gasteiger partial charge is 0.348 e. The van der Waals surface area contributed by atoms with Crippen molar-refractivity contribution >= 4 is 39.2 Å². The number of furan rings is 1. The molecule has 144 valence electrons. The zero-order valence-corrected chi connectivity index (χ0v) is 16.4. The Balaban J connectivity index is 1.81. The van der Waals surface area contributed by atoms with E-state index in [4.69, 9.17) is 13.9 Å². The van der Waals surface area contributed by atoms with Gasteiger partial charge < -0.3 is 19.2 Å². The molecule has 0 bridgehead atoms. The summed E-state index contributed by atoms with van der Waals surface area (Å²) in [6, 6.07) is 7.41. The van der Waals surface area contributed by atoms with Crippen molar-refractivity contribution in [2.24, 2.45) is 0 Å². The molecule has 2 aromatic heterocycles. The van der Waals surface area contributed by atoms with E-state index < -0.39 is 5.97 Å². The second-order valence-electron chi connectivity index (χ2n) is 5.94. The predicted molar refractivity (Wildman–Crippen MR) is 105 cm³/mol. The number of benzene rings is 1. The van der Waals surface area contributed by atoms with Gasteiger partial charge in [-0.05, 0) is 31.5 Å². The second kappa shape index (κ2) is 8.15. The molecule has 2 heterocycles. The molecule has 1 N–H and O–H groups in total. The highest BCUT2D eigenvalue weighted by Crippen LogP contribution is 2.33. The van der Waals surface area contributed by atoms with E-state index in [0.717, 1.165) is 16.7 Å². The van der Waals surface area contributed by atoms with Crippen LogP contribution in [0.15, 0.2) is 28.9 Å². The number of methoxy groups -OCH3 is 1. The fourth-order valence-electron chi connectivity index (χ4n) is 2.80. The summed E-state index contributed by atoms with van der Waals surface area (Å²) in [7, 11) is 1.57. The molecular formula is C20H18N2O5S. The third kappa shape index (κ3) is 3.70. The van der Waals surface area contributed by atoms with E-state index >= 15 is 0 Å². The normalized spacial score (nSPS) is 10.5. The maximum Gasteiger partial charge on any atom is 0.348 e. The van der Waals surface area contributed by atoms with E-state index in [2.05, 4.69) is 5.32 Å². The Morgan fingerprint density at radius 1 is 1.36 bits per heavy atom. The first-order chi connectivity index (χ1) is 13.5. The molecule has 0 unspecified atom stereocenters. The molecule has 28 heavy (non-hydrogen) atoms. The molecule has 0 aliphatic carbocycles. The monoisotopic (exact) mass is 398 g/mol. The minimum atomic E-state index is -0.503. The molecule has 0 spiro atoms. The molecule has 3 aromatic rings. The Bertz CT molecular complexity index is 1090. The van der Waals surface area contributed by atoms with Crippen molar-refractivity contribution in [2.45, 2.75) is 20.3 Å². The number of ether oxygens (including phenoxy) is 2. The number of nitrogens with one attached hydrogen (secondary N) is 1. The van der Waals surface area contributed by atoms with Gasteiger partial charge in [0.25, 0.3) is 0 Å². The molecule has 0 saturated heterocycles. The number of nitrogens with zero attached hydrogens (tertiary/aromatic N) is 1. The highest BCUT2D eigenvalue weighted by Gasteiger charge is 2.22. The number of carbonyl (C=O) groups excluding carboxylic acids is 2. The fourth-order valence-corrected chi connectivity index (χ4v) is 3.87. The van der Waals surface area contributed by atoms with E-state index in [-0.39, 0.29) is 24.5 Å². The van der Waals surface area contributed by atoms with Crippen LogP contribution in [0, 0.1) is 18.3 Å². The Morgan fingerprint density at radius 2 is 2.14 bits per heavy atom. The summed E-state index contributed by atoms with van der Waals surface area (Å²) in [6.07, 6.45) is 1.59. The highest BCUT2D eigenvalue weighted by atomic mass is 32.1. The lowest BCUT2D eigenvalue weighted by atomic mass is 10.1. The van der Waals surface area contributed by atoms with Gasteiger partial charge in [0, 0.05) is 17.0 Å². The van der Waals surface area contributed by atoms with Crippen LogP contribution in [-0.4, -0.2) is 25.6 Å². The van der Waals surface area contributed by atoms with Gasteiger partial charge in [-0.2, -0.15) is 5.26 Å². The fraction of sp³-hybridized carbons (Fsp3) is 0.250. The van der Waals surface area contributed by atoms with Crippen LogP contribution in [0.25, 0.3) is 11.0 Å². The van der Waals surface area contributed by atoms with Crippen molar-refractivity contribution in [2.75, 3.05) is 19.0 Å². The lowest BCUT2D eigenvalue weighted by Crippen LogP contribution is -2.14. The van der Waals surface area contributed by atoms with Gasteiger partial charge in [0.05, 0.1) is 32.0 Å². The summed E-state index contributed by atoms with van der Waals surface area (Å²) >= 11 is 1.04. The first-order valence-electron chi connectivity index (χ1n) is 8.53. The van der Waals surface area contributed by atoms with Gasteiger partial charge in [-0.25, -0.2) is 4.79 Å². The van der Waals surface area contributed by atoms with Crippen molar-refractivity contribution in [3.8, 4) is 11.8 Å². The minimum Gasteiger partial charge on any atom is -0.497 e. The molecule has 8 heteroatoms. The van der Waals surface area contributed by atoms with Gasteiger partial charge in [0.15, 0.2) is 0 Å². The summed E-state index contributed by atoms with van der Waals surface area (Å²) < 4.78 is 15.7. The molecule has 1 amide bonds. The van der Waals surface area contributed by atoms with Crippen LogP contribution in [-0.2, 0) is 16.0 Å². The third-order valence-electron chi connectivity index (χ3n) is 4.19. The van der Waals surface area contributed by atoms with Crippen LogP contribution in [0.2, 0.25) is 0 Å². The minimum absolute atomic E-state index is 0.0654. The number of esters is 1. The van der Waals surface area contributed by atoms with Crippen molar-refractivity contribution in [3.63, 3.8) is 0 Å². The standard InChI is InChI=1S/C20H18N2O5S/c1-4-26-20(24)18-11(2)15(9-21)19(28-18)22-17(23)7-12-10-27-16-8-13(25-3)5-6-14(12)16/h5-6,8,10H,4,7H2,1-3H3,(H,22,23). The van der Waals surface area contributed by atoms with Crippen LogP contribution in [0.1, 0.15) is 33.3 Å². The molecule has 0 saturated carbocycles. The average molecular weight is 398 g/mol. The maximum absolute atomic E-state index is 12.5. The number of fused-ring (bicyclic) bond motifs is 1. The molecule has 0 aliphatic heterocycles. The molecule has 0 aliphatic rings. The van der Waals surface area contributed by atoms with Gasteiger partial charge in [0.2, 0.25) is 5.91 Å². The van der Waals surface area contributed by atoms with E-state index in [1.165, 1.54) is 6.26 Å². The summed E-state index contributed by atoms with van der Waals surface area (Å²) in [6.45, 7) is 3.60. The van der Waals surface area contributed by atoms with E-state index in [1.54, 1.807) is 33.1 Å². The van der Waals surface area contributed by atoms with Gasteiger partial charge in [-0.15, -0.1) is 11.3 Å². The molecular weight excluding hydrogens is 380 g/mol. The summed E-state index contributed by atoms with van der Waals surface area (Å²) in [4.78, 5) is 24.9. The number of anilines is 1. The zero-order valence-electron chi connectivity index (χ0n) is 15.6. The summed E-state index contributed by atoms with van der Waals surface area (Å²) in [5, 5.41) is 13.3. The lowest BCUT2D eigenvalue weighted by molar-refractivity contribution is -0.115. The predicted octanol–water partition coefficient (Wildman–Crippen LogP) is 4.04. The number of hydrogen-bond donors (Lipinski definition) is 1. The molecule has 0 radical (unpaired) electrons. The van der Waals surface area contributed by atoms with Crippen LogP contribution >= 0.6 is 11.3 Å². The molecule has 3 rings (SSSR count). The average Bonchev–Trinajstić information content (AvgIpc) is 3.22. The molecule has 7 nitrogen and oxygen atoms in total. The number of thiophene rings is 1. The Labute approximate surface area is 165 Å². The number of nitriles is 1. The second-order valence-corrected chi connectivity index (χ2v) is 6.96. The van der Waals surface area contributed by atoms with Crippen LogP contribution in [0.3, 0.4) is 0 Å². The quantitative estimate of drug-likeness (QED) is 0.629. The molecule has 0 atom stereocenters. The number of amides is 1. The van der Waals surface area contributed by atoms with Crippen molar-refractivity contribution in [3.05, 3.63) is 46.0 Å². The van der Waals surface area contributed by atoms with Gasteiger partial charge in [0.1, 0.15) is 27.3 Å². The molecule has 0 fully saturated rings. The van der Waals surface area contributed by atoms with Gasteiger partial charge in [-0.3, -0.25) is 4.79 Å². The van der Waals surface area contributed by atoms with Crippen molar-refractivity contribution in [1.82, 2.24) is 0 Å². The van der Waals surface area contributed by atoms with E-state index in [1.807, 2.05) is 12.1 Å². The first-order valence-corrected chi connectivity index (χ1v) is 9.34. The SMILES string of the molecule is CCOC(=O)c1sc(NC(=O)Cc2coc3cc(OC)ccc23)c(C#N)c1C. The largest absolute Gasteiger partial charge is 0.497 e. The maximum atomic E-state index is 12.5. The highest BCUT2D eigenvalue weighted by molar-refractivity contribution is 7.18. The Morgan fingerprint density at radius 3 is 2.82 bits per heavy atom. The van der Waals surface area contributed by atoms with Crippen LogP contribution < -0.4 is 10.1 Å². The third-order valence-corrected chi connectivity index (χ3v) is 5.37. The van der Waals surface area contributed by atoms with Crippen LogP contribution in [0.5, 0.6) is 5.75 Å². The zero-order chi connectivity index (χ0) is 20.3. The van der Waals surface area contributed by atoms with E-state index in [0.29, 0.717) is 32.3 Å². The van der Waals surface area contributed by atoms with Crippen molar-refractivity contribution < 1.29 is 23.5 Å². The Kier molecular flexibility index (Phi) is 5.66. The molecule has 1 aromatic carbocycles. The van der Waals surface area contributed by atoms with Gasteiger partial charge in [-0.1, -0.05) is 0 Å². The number of rotatable bonds is 6. The lowest BCUT2D eigenvalue weighted by Gasteiger charge is -2.03. The first kappa shape index (κ1) is 19.5. The van der Waals surface area contributed by atoms with Crippen LogP contribution in [0.4, 0.5) is 5.00 Å². The van der Waals surface area contributed by atoms with Crippen molar-refractivity contribution in [1.29, 1.82) is 5.26 Å². The summed E-state index contributed by atoms with van der Waals surface area (Å²) in [5.74, 6) is -0.152. The van der Waals surface area contributed by atoms with Gasteiger partial charge >= 0.3 is 5.97 Å². The topological polar surface area (TPSA) is 102 Å².